The Bertz CT molecular complexity index is 511. The zero-order chi connectivity index (χ0) is 12.9. The molecule has 0 N–H and O–H groups in total. The summed E-state index contributed by atoms with van der Waals surface area (Å²) in [5, 5.41) is 0. The lowest BCUT2D eigenvalue weighted by Gasteiger charge is -2.09. The monoisotopic (exact) mass is 253 g/mol. The Kier molecular flexibility index (Phi) is 3.78. The number of allylic oxidation sites excluding steroid dienone is 2. The number of hydrogen-bond donors (Lipinski definition) is 0. The summed E-state index contributed by atoms with van der Waals surface area (Å²) in [5.74, 6) is 0. The molecule has 2 aliphatic rings. The van der Waals surface area contributed by atoms with Crippen molar-refractivity contribution < 1.29 is 4.58 Å². The van der Waals surface area contributed by atoms with Crippen LogP contribution in [-0.4, -0.2) is 35.4 Å². The van der Waals surface area contributed by atoms with Crippen molar-refractivity contribution in [1.29, 1.82) is 0 Å². The van der Waals surface area contributed by atoms with Gasteiger partial charge in [-0.1, -0.05) is 48.6 Å². The van der Waals surface area contributed by atoms with Gasteiger partial charge in [0.2, 0.25) is 6.34 Å². The fourth-order valence-corrected chi connectivity index (χ4v) is 2.68. The maximum absolute atomic E-state index is 2.42. The van der Waals surface area contributed by atoms with E-state index in [2.05, 4.69) is 64.4 Å². The van der Waals surface area contributed by atoms with Crippen molar-refractivity contribution in [3.63, 3.8) is 0 Å². The Hall–Kier alpha value is -1.83. The third-order valence-electron chi connectivity index (χ3n) is 3.69. The SMILES string of the molecule is C1=CC(CN2C=[N+](Cc3ccccc3)CC2)=CCC1. The molecular formula is C17H21N2+. The zero-order valence-corrected chi connectivity index (χ0v) is 11.3. The van der Waals surface area contributed by atoms with Gasteiger partial charge in [0, 0.05) is 0 Å². The molecule has 0 amide bonds. The normalized spacial score (nSPS) is 18.4. The van der Waals surface area contributed by atoms with Crippen LogP contribution in [0, 0.1) is 0 Å². The van der Waals surface area contributed by atoms with E-state index >= 15 is 0 Å². The summed E-state index contributed by atoms with van der Waals surface area (Å²) < 4.78 is 2.41. The molecule has 1 aliphatic carbocycles. The van der Waals surface area contributed by atoms with E-state index in [-0.39, 0.29) is 0 Å². The molecule has 2 heteroatoms. The summed E-state index contributed by atoms with van der Waals surface area (Å²) in [6.45, 7) is 4.35. The van der Waals surface area contributed by atoms with Gasteiger partial charge in [-0.15, -0.1) is 0 Å². The van der Waals surface area contributed by atoms with E-state index in [0.29, 0.717) is 0 Å². The molecule has 1 aliphatic heterocycles. The van der Waals surface area contributed by atoms with E-state index in [4.69, 9.17) is 0 Å². The Morgan fingerprint density at radius 3 is 2.79 bits per heavy atom. The lowest BCUT2D eigenvalue weighted by molar-refractivity contribution is -0.530. The van der Waals surface area contributed by atoms with Gasteiger partial charge >= 0.3 is 0 Å². The second-order valence-electron chi connectivity index (χ2n) is 5.30. The number of nitrogens with zero attached hydrogens (tertiary/aromatic N) is 2. The highest BCUT2D eigenvalue weighted by molar-refractivity contribution is 5.51. The molecule has 1 aromatic rings. The van der Waals surface area contributed by atoms with Crippen molar-refractivity contribution in [2.75, 3.05) is 19.6 Å². The molecule has 0 fully saturated rings. The fraction of sp³-hybridized carbons (Fsp3) is 0.353. The molecular weight excluding hydrogens is 232 g/mol. The molecule has 3 rings (SSSR count). The van der Waals surface area contributed by atoms with Crippen LogP contribution in [0.4, 0.5) is 0 Å². The predicted octanol–water partition coefficient (Wildman–Crippen LogP) is 2.82. The molecule has 0 saturated carbocycles. The Labute approximate surface area is 115 Å². The fourth-order valence-electron chi connectivity index (χ4n) is 2.68. The van der Waals surface area contributed by atoms with Gasteiger partial charge in [-0.2, -0.15) is 0 Å². The number of benzene rings is 1. The average molecular weight is 253 g/mol. The van der Waals surface area contributed by atoms with Crippen LogP contribution in [-0.2, 0) is 6.54 Å². The van der Waals surface area contributed by atoms with E-state index in [1.165, 1.54) is 24.0 Å². The molecule has 0 radical (unpaired) electrons. The van der Waals surface area contributed by atoms with Crippen molar-refractivity contribution in [3.8, 4) is 0 Å². The molecule has 0 atom stereocenters. The van der Waals surface area contributed by atoms with Crippen LogP contribution in [0.25, 0.3) is 0 Å². The lowest BCUT2D eigenvalue weighted by Crippen LogP contribution is -2.22. The Balaban J connectivity index is 1.58. The minimum atomic E-state index is 1.02. The highest BCUT2D eigenvalue weighted by Crippen LogP contribution is 2.12. The first-order valence-electron chi connectivity index (χ1n) is 7.13. The van der Waals surface area contributed by atoms with Crippen LogP contribution >= 0.6 is 0 Å². The summed E-state index contributed by atoms with van der Waals surface area (Å²) in [7, 11) is 0. The summed E-state index contributed by atoms with van der Waals surface area (Å²) >= 11 is 0. The second-order valence-corrected chi connectivity index (χ2v) is 5.30. The predicted molar refractivity (Wildman–Crippen MR) is 79.4 cm³/mol. The maximum Gasteiger partial charge on any atom is 0.234 e. The van der Waals surface area contributed by atoms with E-state index in [0.717, 1.165) is 26.2 Å². The minimum absolute atomic E-state index is 1.02. The van der Waals surface area contributed by atoms with E-state index in [9.17, 15) is 0 Å². The van der Waals surface area contributed by atoms with E-state index in [1.807, 2.05) is 0 Å². The van der Waals surface area contributed by atoms with Crippen molar-refractivity contribution in [1.82, 2.24) is 4.90 Å². The zero-order valence-electron chi connectivity index (χ0n) is 11.3. The molecule has 2 nitrogen and oxygen atoms in total. The van der Waals surface area contributed by atoms with Crippen LogP contribution in [0.3, 0.4) is 0 Å². The molecule has 1 heterocycles. The first kappa shape index (κ1) is 12.2. The minimum Gasteiger partial charge on any atom is -0.260 e. The summed E-state index contributed by atoms with van der Waals surface area (Å²) in [6, 6.07) is 10.7. The highest BCUT2D eigenvalue weighted by atomic mass is 15.3. The van der Waals surface area contributed by atoms with Gasteiger partial charge in [-0.05, 0) is 24.0 Å². The maximum atomic E-state index is 2.42. The van der Waals surface area contributed by atoms with E-state index in [1.54, 1.807) is 0 Å². The van der Waals surface area contributed by atoms with Crippen molar-refractivity contribution in [2.24, 2.45) is 0 Å². The summed E-state index contributed by atoms with van der Waals surface area (Å²) in [4.78, 5) is 2.42. The molecule has 0 spiro atoms. The van der Waals surface area contributed by atoms with Gasteiger partial charge in [-0.25, -0.2) is 0 Å². The first-order valence-corrected chi connectivity index (χ1v) is 7.13. The smallest absolute Gasteiger partial charge is 0.234 e. The standard InChI is InChI=1S/C17H21N2/c1-3-7-16(8-4-1)13-18-11-12-19(15-18)14-17-9-5-2-6-10-17/h1,3-5,7-10,15H,2,6,11-14H2/q+1. The summed E-state index contributed by atoms with van der Waals surface area (Å²) in [6.07, 6.45) is 11.6. The van der Waals surface area contributed by atoms with Gasteiger partial charge in [0.15, 0.2) is 0 Å². The van der Waals surface area contributed by atoms with E-state index < -0.39 is 0 Å². The van der Waals surface area contributed by atoms with Crippen LogP contribution in [0.2, 0.25) is 0 Å². The number of hydrogen-bond acceptors (Lipinski definition) is 1. The molecule has 0 bridgehead atoms. The Morgan fingerprint density at radius 2 is 2.00 bits per heavy atom. The van der Waals surface area contributed by atoms with Crippen molar-refractivity contribution in [3.05, 3.63) is 59.7 Å². The highest BCUT2D eigenvalue weighted by Gasteiger charge is 2.19. The van der Waals surface area contributed by atoms with Crippen LogP contribution in [0.15, 0.2) is 54.1 Å². The molecule has 0 saturated heterocycles. The Morgan fingerprint density at radius 1 is 1.11 bits per heavy atom. The third-order valence-corrected chi connectivity index (χ3v) is 3.69. The van der Waals surface area contributed by atoms with Gasteiger partial charge < -0.3 is 0 Å². The summed E-state index contributed by atoms with van der Waals surface area (Å²) in [5.41, 5.74) is 2.85. The lowest BCUT2D eigenvalue weighted by atomic mass is 10.1. The van der Waals surface area contributed by atoms with Crippen molar-refractivity contribution in [2.45, 2.75) is 19.4 Å². The molecule has 1 aromatic carbocycles. The molecule has 0 aromatic heterocycles. The molecule has 0 unspecified atom stereocenters. The van der Waals surface area contributed by atoms with Crippen LogP contribution in [0.1, 0.15) is 18.4 Å². The average Bonchev–Trinajstić information content (AvgIpc) is 2.88. The van der Waals surface area contributed by atoms with Gasteiger partial charge in [-0.3, -0.25) is 9.48 Å². The van der Waals surface area contributed by atoms with Gasteiger partial charge in [0.05, 0.1) is 0 Å². The second kappa shape index (κ2) is 5.87. The largest absolute Gasteiger partial charge is 0.260 e. The molecule has 19 heavy (non-hydrogen) atoms. The van der Waals surface area contributed by atoms with Gasteiger partial charge in [0.1, 0.15) is 26.2 Å². The topological polar surface area (TPSA) is 6.25 Å². The quantitative estimate of drug-likeness (QED) is 0.748. The van der Waals surface area contributed by atoms with Crippen LogP contribution in [0.5, 0.6) is 0 Å². The van der Waals surface area contributed by atoms with Crippen molar-refractivity contribution >= 4 is 6.34 Å². The number of rotatable bonds is 4. The van der Waals surface area contributed by atoms with Crippen LogP contribution < -0.4 is 0 Å². The third kappa shape index (κ3) is 3.34. The van der Waals surface area contributed by atoms with Gasteiger partial charge in [0.25, 0.3) is 0 Å². The first-order chi connectivity index (χ1) is 9.40. The molecule has 98 valence electrons.